The van der Waals surface area contributed by atoms with Crippen molar-refractivity contribution < 1.29 is 0 Å². The third-order valence-corrected chi connectivity index (χ3v) is 14.7. The molecule has 0 radical (unpaired) electrons. The van der Waals surface area contributed by atoms with Crippen LogP contribution in [0.15, 0.2) is 224 Å². The normalized spacial score (nSPS) is 12.2. The Bertz CT molecular complexity index is 3740. The lowest BCUT2D eigenvalue weighted by molar-refractivity contribution is 0.569. The van der Waals surface area contributed by atoms with Gasteiger partial charge in [-0.05, 0) is 114 Å². The van der Waals surface area contributed by atoms with Crippen molar-refractivity contribution in [3.63, 3.8) is 0 Å². The van der Waals surface area contributed by atoms with Crippen LogP contribution in [0.5, 0.6) is 0 Å². The highest BCUT2D eigenvalue weighted by atomic mass is 15.1. The average molecular weight is 933 g/mol. The Morgan fingerprint density at radius 3 is 1.47 bits per heavy atom. The van der Waals surface area contributed by atoms with Crippen molar-refractivity contribution in [1.82, 2.24) is 4.57 Å². The van der Waals surface area contributed by atoms with E-state index in [0.29, 0.717) is 0 Å². The number of para-hydroxylation sites is 5. The van der Waals surface area contributed by atoms with Gasteiger partial charge in [0.15, 0.2) is 0 Å². The van der Waals surface area contributed by atoms with Crippen LogP contribution in [-0.4, -0.2) is 4.57 Å². The largest absolute Gasteiger partial charge is 0.309 e. The van der Waals surface area contributed by atoms with Crippen molar-refractivity contribution in [3.05, 3.63) is 241 Å². The molecule has 11 rings (SSSR count). The minimum atomic E-state index is -0.0145. The van der Waals surface area contributed by atoms with Gasteiger partial charge in [-0.3, -0.25) is 0 Å². The molecule has 0 saturated heterocycles. The van der Waals surface area contributed by atoms with Crippen LogP contribution in [0, 0.1) is 0 Å². The summed E-state index contributed by atoms with van der Waals surface area (Å²) in [7, 11) is 0. The Morgan fingerprint density at radius 2 is 0.819 bits per heavy atom. The average Bonchev–Trinajstić information content (AvgIpc) is 3.73. The smallest absolute Gasteiger partial charge is 0.0619 e. The number of anilines is 3. The number of rotatable bonds is 8. The lowest BCUT2D eigenvalue weighted by atomic mass is 9.78. The first-order valence-corrected chi connectivity index (χ1v) is 25.6. The minimum absolute atomic E-state index is 0.0145. The lowest BCUT2D eigenvalue weighted by Crippen LogP contribution is -2.16. The first kappa shape index (κ1) is 46.4. The van der Waals surface area contributed by atoms with Crippen LogP contribution in [-0.2, 0) is 16.2 Å². The molecule has 11 aromatic rings. The molecule has 10 aromatic carbocycles. The number of aromatic nitrogens is 1. The Kier molecular flexibility index (Phi) is 11.6. The van der Waals surface area contributed by atoms with Gasteiger partial charge in [0, 0.05) is 38.8 Å². The molecule has 1 aromatic heterocycles. The van der Waals surface area contributed by atoms with E-state index in [-0.39, 0.29) is 16.2 Å². The van der Waals surface area contributed by atoms with Crippen LogP contribution in [0.1, 0.15) is 79.0 Å². The highest BCUT2D eigenvalue weighted by Gasteiger charge is 2.26. The summed E-state index contributed by atoms with van der Waals surface area (Å²) in [5.74, 6) is 0. The van der Waals surface area contributed by atoms with Gasteiger partial charge in [0.25, 0.3) is 0 Å². The van der Waals surface area contributed by atoms with Crippen molar-refractivity contribution in [1.29, 1.82) is 0 Å². The minimum Gasteiger partial charge on any atom is -0.309 e. The predicted octanol–water partition coefficient (Wildman–Crippen LogP) is 20.0. The Morgan fingerprint density at radius 1 is 0.333 bits per heavy atom. The molecule has 0 aliphatic carbocycles. The van der Waals surface area contributed by atoms with E-state index in [1.165, 1.54) is 82.6 Å². The summed E-state index contributed by atoms with van der Waals surface area (Å²) in [5.41, 5.74) is 20.4. The fourth-order valence-electron chi connectivity index (χ4n) is 10.7. The zero-order chi connectivity index (χ0) is 49.9. The van der Waals surface area contributed by atoms with E-state index in [2.05, 4.69) is 296 Å². The van der Waals surface area contributed by atoms with Crippen LogP contribution in [0.25, 0.3) is 82.8 Å². The summed E-state index contributed by atoms with van der Waals surface area (Å²) in [6.07, 6.45) is 0. The predicted molar refractivity (Wildman–Crippen MR) is 311 cm³/mol. The SMILES string of the molecule is CC(C)(C)c1ccc(-c2ccccc2N(c2ccc(-c3cccc4c5ccccc5n(-c5ccccc5)c34)cc2)c2ccccc2-c2cccc3cccc(-c4cc(C(C)(C)C)cc(C(C)(C)C)c4)c23)cc1. The molecule has 0 unspecified atom stereocenters. The zero-order valence-corrected chi connectivity index (χ0v) is 43.3. The number of fused-ring (bicyclic) bond motifs is 4. The van der Waals surface area contributed by atoms with E-state index in [1.807, 2.05) is 0 Å². The molecule has 0 fully saturated rings. The van der Waals surface area contributed by atoms with E-state index in [1.54, 1.807) is 0 Å². The molecule has 0 amide bonds. The van der Waals surface area contributed by atoms with Gasteiger partial charge < -0.3 is 9.47 Å². The van der Waals surface area contributed by atoms with Crippen LogP contribution in [0.2, 0.25) is 0 Å². The van der Waals surface area contributed by atoms with Gasteiger partial charge >= 0.3 is 0 Å². The molecule has 0 aliphatic heterocycles. The fourth-order valence-corrected chi connectivity index (χ4v) is 10.7. The molecule has 0 spiro atoms. The van der Waals surface area contributed by atoms with Crippen LogP contribution < -0.4 is 4.90 Å². The topological polar surface area (TPSA) is 8.17 Å². The molecule has 1 heterocycles. The van der Waals surface area contributed by atoms with Crippen molar-refractivity contribution in [2.24, 2.45) is 0 Å². The Balaban J connectivity index is 1.13. The second-order valence-electron chi connectivity index (χ2n) is 22.6. The van der Waals surface area contributed by atoms with Gasteiger partial charge in [-0.2, -0.15) is 0 Å². The maximum atomic E-state index is 2.49. The molecule has 0 saturated carbocycles. The van der Waals surface area contributed by atoms with Gasteiger partial charge in [-0.25, -0.2) is 0 Å². The second-order valence-corrected chi connectivity index (χ2v) is 22.6. The van der Waals surface area contributed by atoms with Gasteiger partial charge in [0.1, 0.15) is 0 Å². The van der Waals surface area contributed by atoms with Gasteiger partial charge in [-0.15, -0.1) is 0 Å². The van der Waals surface area contributed by atoms with Crippen molar-refractivity contribution in [3.8, 4) is 50.2 Å². The molecule has 0 bridgehead atoms. The highest BCUT2D eigenvalue weighted by molar-refractivity contribution is 6.14. The second kappa shape index (κ2) is 18.0. The quantitative estimate of drug-likeness (QED) is 0.147. The summed E-state index contributed by atoms with van der Waals surface area (Å²) >= 11 is 0. The van der Waals surface area contributed by atoms with E-state index in [4.69, 9.17) is 0 Å². The number of benzene rings is 10. The van der Waals surface area contributed by atoms with E-state index in [0.717, 1.165) is 33.9 Å². The summed E-state index contributed by atoms with van der Waals surface area (Å²) in [4.78, 5) is 2.49. The monoisotopic (exact) mass is 933 g/mol. The zero-order valence-electron chi connectivity index (χ0n) is 43.3. The first-order valence-electron chi connectivity index (χ1n) is 25.6. The van der Waals surface area contributed by atoms with Crippen LogP contribution in [0.3, 0.4) is 0 Å². The standard InChI is InChI=1S/C70H64N2/c1-68(2,3)51-40-36-47(37-41-51)56-26-13-16-33-63(56)71(55-42-38-48(39-43-55)58-30-21-32-62-60-28-15-18-35-65(60)72(67(58)62)54-24-11-10-12-25-54)64-34-17-14-27-59(64)61-31-20-23-49-22-19-29-57(66(49)61)50-44-52(69(4,5)6)46-53(45-50)70(7,8)9/h10-46H,1-9H3. The summed E-state index contributed by atoms with van der Waals surface area (Å²) in [6, 6.07) is 83.6. The molecule has 0 atom stereocenters. The van der Waals surface area contributed by atoms with Gasteiger partial charge in [-0.1, -0.05) is 244 Å². The molecule has 72 heavy (non-hydrogen) atoms. The van der Waals surface area contributed by atoms with Crippen molar-refractivity contribution in [2.75, 3.05) is 4.90 Å². The summed E-state index contributed by atoms with van der Waals surface area (Å²) in [6.45, 7) is 20.8. The van der Waals surface area contributed by atoms with E-state index >= 15 is 0 Å². The first-order chi connectivity index (χ1) is 34.6. The van der Waals surface area contributed by atoms with Crippen molar-refractivity contribution >= 4 is 49.6 Å². The van der Waals surface area contributed by atoms with Crippen molar-refractivity contribution in [2.45, 2.75) is 78.6 Å². The van der Waals surface area contributed by atoms with Crippen LogP contribution >= 0.6 is 0 Å². The molecule has 0 aliphatic rings. The highest BCUT2D eigenvalue weighted by Crippen LogP contribution is 2.48. The Hall–Kier alpha value is -7.94. The number of hydrogen-bond acceptors (Lipinski definition) is 1. The van der Waals surface area contributed by atoms with Crippen LogP contribution in [0.4, 0.5) is 17.1 Å². The van der Waals surface area contributed by atoms with Gasteiger partial charge in [0.05, 0.1) is 22.4 Å². The number of hydrogen-bond donors (Lipinski definition) is 0. The van der Waals surface area contributed by atoms with E-state index in [9.17, 15) is 0 Å². The lowest BCUT2D eigenvalue weighted by Gasteiger charge is -2.30. The third kappa shape index (κ3) is 8.49. The maximum Gasteiger partial charge on any atom is 0.0619 e. The Labute approximate surface area is 426 Å². The molecule has 2 heteroatoms. The van der Waals surface area contributed by atoms with Gasteiger partial charge in [0.2, 0.25) is 0 Å². The molecular formula is C70H64N2. The molecule has 354 valence electrons. The molecular weight excluding hydrogens is 869 g/mol. The molecule has 2 nitrogen and oxygen atoms in total. The summed E-state index contributed by atoms with van der Waals surface area (Å²) in [5, 5.41) is 4.96. The number of nitrogens with zero attached hydrogens (tertiary/aromatic N) is 2. The fraction of sp³-hybridized carbons (Fsp3) is 0.171. The summed E-state index contributed by atoms with van der Waals surface area (Å²) < 4.78 is 2.43. The van der Waals surface area contributed by atoms with E-state index < -0.39 is 0 Å². The third-order valence-electron chi connectivity index (χ3n) is 14.7. The maximum absolute atomic E-state index is 2.49. The molecule has 0 N–H and O–H groups in total.